The molecular weight excluding hydrogens is 321 g/mol. The summed E-state index contributed by atoms with van der Waals surface area (Å²) in [5, 5.41) is 0. The van der Waals surface area contributed by atoms with Gasteiger partial charge in [0.1, 0.15) is 5.82 Å². The highest BCUT2D eigenvalue weighted by Gasteiger charge is 2.15. The normalized spacial score (nSPS) is 11.2. The van der Waals surface area contributed by atoms with Crippen LogP contribution in [0.3, 0.4) is 0 Å². The monoisotopic (exact) mass is 341 g/mol. The number of pyridine rings is 1. The highest BCUT2D eigenvalue weighted by molar-refractivity contribution is 5.78. The lowest BCUT2D eigenvalue weighted by Gasteiger charge is -2.12. The number of ether oxygens (including phenoxy) is 1. The Morgan fingerprint density at radius 1 is 1.16 bits per heavy atom. The Hall–Kier alpha value is -2.73. The summed E-state index contributed by atoms with van der Waals surface area (Å²) >= 11 is 0. The molecule has 130 valence electrons. The van der Waals surface area contributed by atoms with E-state index in [1.54, 1.807) is 30.7 Å². The summed E-state index contributed by atoms with van der Waals surface area (Å²) < 4.78 is 20.8. The second-order valence-electron chi connectivity index (χ2n) is 6.00. The second-order valence-corrected chi connectivity index (χ2v) is 6.00. The Bertz CT molecular complexity index is 877. The predicted octanol–water partition coefficient (Wildman–Crippen LogP) is 3.47. The molecular formula is C19H20FN3O2. The Morgan fingerprint density at radius 3 is 2.52 bits per heavy atom. The van der Waals surface area contributed by atoms with Crippen LogP contribution in [0.4, 0.5) is 4.39 Å². The average molecular weight is 341 g/mol. The van der Waals surface area contributed by atoms with Crippen LogP contribution in [0.25, 0.3) is 22.5 Å². The van der Waals surface area contributed by atoms with Crippen molar-refractivity contribution in [3.63, 3.8) is 0 Å². The molecule has 0 aliphatic heterocycles. The van der Waals surface area contributed by atoms with E-state index in [9.17, 15) is 9.18 Å². The van der Waals surface area contributed by atoms with E-state index in [4.69, 9.17) is 4.74 Å². The molecule has 0 radical (unpaired) electrons. The van der Waals surface area contributed by atoms with Gasteiger partial charge in [-0.2, -0.15) is 0 Å². The van der Waals surface area contributed by atoms with Crippen LogP contribution in [0.2, 0.25) is 0 Å². The van der Waals surface area contributed by atoms with Crippen molar-refractivity contribution >= 4 is 0 Å². The summed E-state index contributed by atoms with van der Waals surface area (Å²) in [6.07, 6.45) is 3.55. The Labute approximate surface area is 145 Å². The van der Waals surface area contributed by atoms with Crippen molar-refractivity contribution < 1.29 is 9.13 Å². The van der Waals surface area contributed by atoms with Crippen molar-refractivity contribution in [2.45, 2.75) is 26.5 Å². The zero-order valence-electron chi connectivity index (χ0n) is 14.2. The first-order chi connectivity index (χ1) is 12.0. The van der Waals surface area contributed by atoms with E-state index in [-0.39, 0.29) is 17.5 Å². The number of hydrogen-bond donors (Lipinski definition) is 1. The number of aromatic amines is 1. The fourth-order valence-corrected chi connectivity index (χ4v) is 2.62. The fraction of sp³-hybridized carbons (Fsp3) is 0.263. The van der Waals surface area contributed by atoms with E-state index in [1.165, 1.54) is 18.2 Å². The molecule has 0 aliphatic rings. The van der Waals surface area contributed by atoms with Gasteiger partial charge in [0, 0.05) is 29.9 Å². The number of nitrogens with zero attached hydrogens (tertiary/aromatic N) is 2. The summed E-state index contributed by atoms with van der Waals surface area (Å²) in [6, 6.07) is 9.44. The fourth-order valence-electron chi connectivity index (χ4n) is 2.62. The molecule has 3 aromatic rings. The number of imidazole rings is 1. The minimum Gasteiger partial charge on any atom is -0.377 e. The second kappa shape index (κ2) is 7.44. The predicted molar refractivity (Wildman–Crippen MR) is 94.8 cm³/mol. The van der Waals surface area contributed by atoms with Gasteiger partial charge in [-0.25, -0.2) is 9.37 Å². The van der Waals surface area contributed by atoms with Crippen LogP contribution in [-0.2, 0) is 11.3 Å². The Balaban J connectivity index is 2.02. The van der Waals surface area contributed by atoms with Crippen LogP contribution in [0.15, 0.2) is 53.7 Å². The summed E-state index contributed by atoms with van der Waals surface area (Å²) in [7, 11) is 0. The van der Waals surface area contributed by atoms with Crippen LogP contribution in [0, 0.1) is 5.82 Å². The molecule has 0 fully saturated rings. The average Bonchev–Trinajstić information content (AvgIpc) is 3.00. The molecule has 0 bridgehead atoms. The van der Waals surface area contributed by atoms with Crippen LogP contribution < -0.4 is 5.56 Å². The van der Waals surface area contributed by atoms with Gasteiger partial charge in [0.25, 0.3) is 0 Å². The standard InChI is InChI=1S/C19H20FN3O2/c1-13(2)25-10-9-23-12-22-18(14-3-6-16(20)7-4-14)19(23)15-5-8-17(24)21-11-15/h3-8,11-13H,9-10H2,1-2H3,(H,21,24). The first kappa shape index (κ1) is 17.1. The van der Waals surface area contributed by atoms with Crippen molar-refractivity contribution in [1.82, 2.24) is 14.5 Å². The van der Waals surface area contributed by atoms with Gasteiger partial charge in [-0.05, 0) is 44.2 Å². The number of H-pyrrole nitrogens is 1. The molecule has 2 heterocycles. The number of nitrogens with one attached hydrogen (secondary N) is 1. The third-order valence-electron chi connectivity index (χ3n) is 3.80. The van der Waals surface area contributed by atoms with Gasteiger partial charge in [0.2, 0.25) is 5.56 Å². The highest BCUT2D eigenvalue weighted by atomic mass is 19.1. The summed E-state index contributed by atoms with van der Waals surface area (Å²) in [4.78, 5) is 18.6. The van der Waals surface area contributed by atoms with Crippen molar-refractivity contribution in [1.29, 1.82) is 0 Å². The molecule has 25 heavy (non-hydrogen) atoms. The number of aromatic nitrogens is 3. The first-order valence-corrected chi connectivity index (χ1v) is 8.16. The molecule has 5 nitrogen and oxygen atoms in total. The molecule has 3 rings (SSSR count). The number of hydrogen-bond acceptors (Lipinski definition) is 3. The molecule has 0 amide bonds. The largest absolute Gasteiger partial charge is 0.377 e. The zero-order chi connectivity index (χ0) is 17.8. The lowest BCUT2D eigenvalue weighted by Crippen LogP contribution is -2.11. The van der Waals surface area contributed by atoms with E-state index < -0.39 is 0 Å². The first-order valence-electron chi connectivity index (χ1n) is 8.16. The van der Waals surface area contributed by atoms with Crippen molar-refractivity contribution in [2.75, 3.05) is 6.61 Å². The van der Waals surface area contributed by atoms with Crippen LogP contribution in [-0.4, -0.2) is 27.2 Å². The third kappa shape index (κ3) is 4.03. The van der Waals surface area contributed by atoms with Gasteiger partial charge in [0.15, 0.2) is 0 Å². The molecule has 0 saturated heterocycles. The van der Waals surface area contributed by atoms with Crippen molar-refractivity contribution in [2.24, 2.45) is 0 Å². The van der Waals surface area contributed by atoms with E-state index in [2.05, 4.69) is 9.97 Å². The summed E-state index contributed by atoms with van der Waals surface area (Å²) in [6.45, 7) is 5.15. The van der Waals surface area contributed by atoms with Gasteiger partial charge < -0.3 is 14.3 Å². The highest BCUT2D eigenvalue weighted by Crippen LogP contribution is 2.30. The van der Waals surface area contributed by atoms with E-state index >= 15 is 0 Å². The maximum atomic E-state index is 13.2. The van der Waals surface area contributed by atoms with Crippen molar-refractivity contribution in [3.8, 4) is 22.5 Å². The zero-order valence-corrected chi connectivity index (χ0v) is 14.2. The lowest BCUT2D eigenvalue weighted by molar-refractivity contribution is 0.0729. The van der Waals surface area contributed by atoms with Crippen LogP contribution in [0.1, 0.15) is 13.8 Å². The van der Waals surface area contributed by atoms with Gasteiger partial charge >= 0.3 is 0 Å². The van der Waals surface area contributed by atoms with Crippen LogP contribution >= 0.6 is 0 Å². The lowest BCUT2D eigenvalue weighted by atomic mass is 10.1. The van der Waals surface area contributed by atoms with Gasteiger partial charge in [0.05, 0.1) is 30.4 Å². The molecule has 0 spiro atoms. The summed E-state index contributed by atoms with van der Waals surface area (Å²) in [5.74, 6) is -0.292. The van der Waals surface area contributed by atoms with Crippen molar-refractivity contribution in [3.05, 3.63) is 65.1 Å². The minimum atomic E-state index is -0.292. The molecule has 1 N–H and O–H groups in total. The SMILES string of the molecule is CC(C)OCCn1cnc(-c2ccc(F)cc2)c1-c1ccc(=O)[nH]c1. The van der Waals surface area contributed by atoms with Gasteiger partial charge in [-0.1, -0.05) is 0 Å². The number of benzene rings is 1. The van der Waals surface area contributed by atoms with Gasteiger partial charge in [-0.15, -0.1) is 0 Å². The Kier molecular flexibility index (Phi) is 5.09. The smallest absolute Gasteiger partial charge is 0.247 e. The van der Waals surface area contributed by atoms with Crippen LogP contribution in [0.5, 0.6) is 0 Å². The molecule has 6 heteroatoms. The Morgan fingerprint density at radius 2 is 1.88 bits per heavy atom. The van der Waals surface area contributed by atoms with E-state index in [0.29, 0.717) is 13.2 Å². The number of halogens is 1. The van der Waals surface area contributed by atoms with E-state index in [1.807, 2.05) is 18.4 Å². The third-order valence-corrected chi connectivity index (χ3v) is 3.80. The quantitative estimate of drug-likeness (QED) is 0.747. The topological polar surface area (TPSA) is 59.9 Å². The summed E-state index contributed by atoms with van der Waals surface area (Å²) in [5.41, 5.74) is 3.07. The molecule has 0 saturated carbocycles. The molecule has 0 atom stereocenters. The number of rotatable bonds is 6. The molecule has 0 aliphatic carbocycles. The molecule has 2 aromatic heterocycles. The van der Waals surface area contributed by atoms with Gasteiger partial charge in [-0.3, -0.25) is 4.79 Å². The molecule has 1 aromatic carbocycles. The molecule has 0 unspecified atom stereocenters. The maximum absolute atomic E-state index is 13.2. The maximum Gasteiger partial charge on any atom is 0.247 e. The minimum absolute atomic E-state index is 0.150. The van der Waals surface area contributed by atoms with E-state index in [0.717, 1.165) is 22.5 Å².